The maximum atomic E-state index is 13.0. The Bertz CT molecular complexity index is 1250. The molecule has 0 spiro atoms. The maximum absolute atomic E-state index is 13.0. The first-order chi connectivity index (χ1) is 14.9. The van der Waals surface area contributed by atoms with Crippen LogP contribution in [0.3, 0.4) is 0 Å². The molecule has 6 nitrogen and oxygen atoms in total. The zero-order valence-electron chi connectivity index (χ0n) is 17.4. The van der Waals surface area contributed by atoms with Crippen molar-refractivity contribution in [1.82, 2.24) is 14.8 Å². The topological polar surface area (TPSA) is 69.0 Å². The van der Waals surface area contributed by atoms with E-state index in [9.17, 15) is 4.79 Å². The summed E-state index contributed by atoms with van der Waals surface area (Å²) in [5, 5.41) is 7.44. The quantitative estimate of drug-likeness (QED) is 0.408. The van der Waals surface area contributed by atoms with Crippen molar-refractivity contribution in [1.29, 1.82) is 0 Å². The van der Waals surface area contributed by atoms with Crippen molar-refractivity contribution < 1.29 is 9.53 Å². The average molecular weight is 477 g/mol. The zero-order valence-corrected chi connectivity index (χ0v) is 19.0. The second kappa shape index (κ2) is 8.73. The molecule has 0 aliphatic heterocycles. The molecule has 0 aliphatic carbocycles. The number of nitrogens with one attached hydrogen (secondary N) is 1. The van der Waals surface area contributed by atoms with Crippen LogP contribution in [0.5, 0.6) is 5.75 Å². The molecule has 0 atom stereocenters. The standard InChI is InChI=1S/C24H21BrN4O2/c1-15-5-4-6-17(13-15)23-27-22(24(30)26-21-12-7-18(25)14-16(21)2)28-29(23)19-8-10-20(31-3)11-9-19/h4-14H,1-3H3,(H,26,30). The van der Waals surface area contributed by atoms with Gasteiger partial charge in [0.15, 0.2) is 5.82 Å². The summed E-state index contributed by atoms with van der Waals surface area (Å²) in [6.07, 6.45) is 0. The van der Waals surface area contributed by atoms with Gasteiger partial charge in [-0.2, -0.15) is 0 Å². The van der Waals surface area contributed by atoms with E-state index in [1.807, 2.05) is 80.6 Å². The van der Waals surface area contributed by atoms with Crippen LogP contribution in [0, 0.1) is 13.8 Å². The number of rotatable bonds is 5. The number of aryl methyl sites for hydroxylation is 2. The minimum Gasteiger partial charge on any atom is -0.497 e. The number of hydrogen-bond acceptors (Lipinski definition) is 4. The predicted molar refractivity (Wildman–Crippen MR) is 125 cm³/mol. The molecule has 1 heterocycles. The van der Waals surface area contributed by atoms with Crippen LogP contribution in [-0.2, 0) is 0 Å². The van der Waals surface area contributed by atoms with E-state index in [0.717, 1.165) is 32.6 Å². The Kier molecular flexibility index (Phi) is 5.86. The third-order valence-corrected chi connectivity index (χ3v) is 5.33. The molecule has 0 radical (unpaired) electrons. The SMILES string of the molecule is COc1ccc(-n2nc(C(=O)Nc3ccc(Br)cc3C)nc2-c2cccc(C)c2)cc1. The summed E-state index contributed by atoms with van der Waals surface area (Å²) in [5.41, 5.74) is 4.41. The number of carbonyl (C=O) groups is 1. The third kappa shape index (κ3) is 4.51. The van der Waals surface area contributed by atoms with E-state index in [-0.39, 0.29) is 11.7 Å². The van der Waals surface area contributed by atoms with Gasteiger partial charge in [0.1, 0.15) is 5.75 Å². The largest absolute Gasteiger partial charge is 0.497 e. The summed E-state index contributed by atoms with van der Waals surface area (Å²) in [6.45, 7) is 3.95. The van der Waals surface area contributed by atoms with E-state index in [1.54, 1.807) is 11.8 Å². The van der Waals surface area contributed by atoms with Gasteiger partial charge < -0.3 is 10.1 Å². The lowest BCUT2D eigenvalue weighted by molar-refractivity contribution is 0.101. The summed E-state index contributed by atoms with van der Waals surface area (Å²) in [4.78, 5) is 17.5. The van der Waals surface area contributed by atoms with E-state index >= 15 is 0 Å². The minimum atomic E-state index is -0.369. The molecule has 4 rings (SSSR count). The van der Waals surface area contributed by atoms with E-state index in [2.05, 4.69) is 31.3 Å². The van der Waals surface area contributed by atoms with Crippen LogP contribution in [0.1, 0.15) is 21.7 Å². The summed E-state index contributed by atoms with van der Waals surface area (Å²) in [6, 6.07) is 21.1. The Morgan fingerprint density at radius 3 is 2.48 bits per heavy atom. The molecule has 31 heavy (non-hydrogen) atoms. The molecule has 0 saturated heterocycles. The molecule has 0 bridgehead atoms. The summed E-state index contributed by atoms with van der Waals surface area (Å²) < 4.78 is 7.88. The van der Waals surface area contributed by atoms with Gasteiger partial charge in [-0.15, -0.1) is 5.10 Å². The fourth-order valence-corrected chi connectivity index (χ4v) is 3.70. The zero-order chi connectivity index (χ0) is 22.0. The number of nitrogens with zero attached hydrogens (tertiary/aromatic N) is 3. The molecule has 4 aromatic rings. The van der Waals surface area contributed by atoms with Gasteiger partial charge in [-0.25, -0.2) is 9.67 Å². The van der Waals surface area contributed by atoms with Crippen molar-refractivity contribution in [3.8, 4) is 22.8 Å². The molecule has 3 aromatic carbocycles. The van der Waals surface area contributed by atoms with E-state index in [1.165, 1.54) is 0 Å². The first kappa shape index (κ1) is 20.8. The van der Waals surface area contributed by atoms with Gasteiger partial charge in [-0.1, -0.05) is 39.7 Å². The van der Waals surface area contributed by atoms with Crippen LogP contribution >= 0.6 is 15.9 Å². The van der Waals surface area contributed by atoms with Crippen molar-refractivity contribution in [2.24, 2.45) is 0 Å². The molecule has 0 saturated carbocycles. The molecule has 1 amide bonds. The molecule has 1 aromatic heterocycles. The van der Waals surface area contributed by atoms with Gasteiger partial charge in [0.05, 0.1) is 12.8 Å². The lowest BCUT2D eigenvalue weighted by atomic mass is 10.1. The molecule has 156 valence electrons. The van der Waals surface area contributed by atoms with E-state index < -0.39 is 0 Å². The number of aromatic nitrogens is 3. The molecular formula is C24H21BrN4O2. The Hall–Kier alpha value is -3.45. The van der Waals surface area contributed by atoms with Crippen LogP contribution in [0.25, 0.3) is 17.1 Å². The lowest BCUT2D eigenvalue weighted by Crippen LogP contribution is -2.15. The molecular weight excluding hydrogens is 456 g/mol. The second-order valence-corrected chi connectivity index (χ2v) is 8.07. The third-order valence-electron chi connectivity index (χ3n) is 4.84. The van der Waals surface area contributed by atoms with Crippen LogP contribution in [-0.4, -0.2) is 27.8 Å². The number of methoxy groups -OCH3 is 1. The summed E-state index contributed by atoms with van der Waals surface area (Å²) in [5.74, 6) is 1.05. The smallest absolute Gasteiger partial charge is 0.295 e. The number of anilines is 1. The van der Waals surface area contributed by atoms with Crippen LogP contribution in [0.4, 0.5) is 5.69 Å². The highest BCUT2D eigenvalue weighted by molar-refractivity contribution is 9.10. The number of benzene rings is 3. The molecule has 1 N–H and O–H groups in total. The van der Waals surface area contributed by atoms with Gasteiger partial charge in [0, 0.05) is 15.7 Å². The highest BCUT2D eigenvalue weighted by Gasteiger charge is 2.19. The van der Waals surface area contributed by atoms with Gasteiger partial charge in [0.25, 0.3) is 5.91 Å². The molecule has 0 unspecified atom stereocenters. The second-order valence-electron chi connectivity index (χ2n) is 7.15. The van der Waals surface area contributed by atoms with Crippen molar-refractivity contribution >= 4 is 27.5 Å². The number of amides is 1. The monoisotopic (exact) mass is 476 g/mol. The van der Waals surface area contributed by atoms with Crippen LogP contribution in [0.15, 0.2) is 71.2 Å². The van der Waals surface area contributed by atoms with Gasteiger partial charge in [-0.3, -0.25) is 4.79 Å². The Balaban J connectivity index is 1.75. The normalized spacial score (nSPS) is 10.7. The van der Waals surface area contributed by atoms with Crippen molar-refractivity contribution in [2.75, 3.05) is 12.4 Å². The summed E-state index contributed by atoms with van der Waals surface area (Å²) >= 11 is 3.44. The summed E-state index contributed by atoms with van der Waals surface area (Å²) in [7, 11) is 1.62. The Labute approximate surface area is 189 Å². The molecule has 7 heteroatoms. The van der Waals surface area contributed by atoms with Crippen molar-refractivity contribution in [3.05, 3.63) is 88.2 Å². The predicted octanol–water partition coefficient (Wildman–Crippen LogP) is 5.57. The van der Waals surface area contributed by atoms with E-state index in [0.29, 0.717) is 11.5 Å². The van der Waals surface area contributed by atoms with Crippen LogP contribution in [0.2, 0.25) is 0 Å². The van der Waals surface area contributed by atoms with Gasteiger partial charge in [0.2, 0.25) is 5.82 Å². The Morgan fingerprint density at radius 1 is 1.03 bits per heavy atom. The minimum absolute atomic E-state index is 0.0923. The van der Waals surface area contributed by atoms with Crippen molar-refractivity contribution in [3.63, 3.8) is 0 Å². The number of hydrogen-bond donors (Lipinski definition) is 1. The highest BCUT2D eigenvalue weighted by atomic mass is 79.9. The van der Waals surface area contributed by atoms with E-state index in [4.69, 9.17) is 4.74 Å². The van der Waals surface area contributed by atoms with Crippen LogP contribution < -0.4 is 10.1 Å². The van der Waals surface area contributed by atoms with Gasteiger partial charge >= 0.3 is 0 Å². The maximum Gasteiger partial charge on any atom is 0.295 e. The number of halogens is 1. The average Bonchev–Trinajstić information content (AvgIpc) is 3.21. The van der Waals surface area contributed by atoms with Crippen molar-refractivity contribution in [2.45, 2.75) is 13.8 Å². The number of carbonyl (C=O) groups excluding carboxylic acids is 1. The fourth-order valence-electron chi connectivity index (χ4n) is 3.23. The lowest BCUT2D eigenvalue weighted by Gasteiger charge is -2.07. The first-order valence-electron chi connectivity index (χ1n) is 9.70. The first-order valence-corrected chi connectivity index (χ1v) is 10.5. The highest BCUT2D eigenvalue weighted by Crippen LogP contribution is 2.25. The Morgan fingerprint density at radius 2 is 1.81 bits per heavy atom. The number of ether oxygens (including phenoxy) is 1. The van der Waals surface area contributed by atoms with Gasteiger partial charge in [-0.05, 0) is 67.9 Å². The fraction of sp³-hybridized carbons (Fsp3) is 0.125. The molecule has 0 fully saturated rings. The molecule has 0 aliphatic rings.